The van der Waals surface area contributed by atoms with Gasteiger partial charge in [0.2, 0.25) is 0 Å². The second-order valence-corrected chi connectivity index (χ2v) is 9.30. The van der Waals surface area contributed by atoms with Crippen LogP contribution < -0.4 is 10.5 Å². The summed E-state index contributed by atoms with van der Waals surface area (Å²) in [5.74, 6) is -2.91. The number of primary amides is 1. The summed E-state index contributed by atoms with van der Waals surface area (Å²) in [7, 11) is 0. The van der Waals surface area contributed by atoms with E-state index in [2.05, 4.69) is 4.90 Å². The molecular formula is C23H24Cl3F3N2O5. The zero-order valence-electron chi connectivity index (χ0n) is 18.8. The minimum Gasteiger partial charge on any atom is -0.490 e. The van der Waals surface area contributed by atoms with Gasteiger partial charge in [-0.15, -0.1) is 0 Å². The number of aliphatic hydroxyl groups is 1. The topological polar surface area (TPSA) is 113 Å². The monoisotopic (exact) mass is 570 g/mol. The Morgan fingerprint density at radius 1 is 1.08 bits per heavy atom. The number of hydrogen-bond donors (Lipinski definition) is 3. The number of likely N-dealkylation sites (tertiary alicyclic amines) is 1. The number of carbonyl (C=O) groups is 2. The normalized spacial score (nSPS) is 15.5. The van der Waals surface area contributed by atoms with Crippen LogP contribution in [-0.2, 0) is 11.3 Å². The molecule has 2 aromatic carbocycles. The Kier molecular flexibility index (Phi) is 11.1. The molecule has 1 amide bonds. The molecule has 1 heterocycles. The van der Waals surface area contributed by atoms with Gasteiger partial charge in [0.15, 0.2) is 0 Å². The van der Waals surface area contributed by atoms with Gasteiger partial charge in [-0.3, -0.25) is 9.69 Å². The Morgan fingerprint density at radius 2 is 1.69 bits per heavy atom. The van der Waals surface area contributed by atoms with Gasteiger partial charge >= 0.3 is 12.1 Å². The van der Waals surface area contributed by atoms with Crippen molar-refractivity contribution in [2.75, 3.05) is 19.7 Å². The molecule has 36 heavy (non-hydrogen) atoms. The minimum atomic E-state index is -5.08. The number of rotatable bonds is 7. The van der Waals surface area contributed by atoms with Crippen molar-refractivity contribution in [2.45, 2.75) is 31.7 Å². The van der Waals surface area contributed by atoms with E-state index in [1.807, 2.05) is 18.2 Å². The van der Waals surface area contributed by atoms with Gasteiger partial charge < -0.3 is 20.7 Å². The second-order valence-electron chi connectivity index (χ2n) is 8.05. The number of amides is 1. The summed E-state index contributed by atoms with van der Waals surface area (Å²) in [6.07, 6.45) is -4.00. The van der Waals surface area contributed by atoms with Crippen LogP contribution in [0.2, 0.25) is 15.1 Å². The molecule has 0 saturated carbocycles. The molecule has 13 heteroatoms. The molecule has 1 fully saturated rings. The third-order valence-corrected chi connectivity index (χ3v) is 6.40. The number of halogens is 6. The molecule has 1 unspecified atom stereocenters. The maximum atomic E-state index is 11.5. The molecule has 0 spiro atoms. The lowest BCUT2D eigenvalue weighted by molar-refractivity contribution is -0.192. The second kappa shape index (κ2) is 13.3. The maximum absolute atomic E-state index is 11.5. The van der Waals surface area contributed by atoms with Crippen molar-refractivity contribution in [1.82, 2.24) is 4.90 Å². The molecule has 0 bridgehead atoms. The molecular weight excluding hydrogens is 548 g/mol. The molecule has 1 saturated heterocycles. The van der Waals surface area contributed by atoms with E-state index >= 15 is 0 Å². The molecule has 3 rings (SSSR count). The van der Waals surface area contributed by atoms with Crippen molar-refractivity contribution >= 4 is 46.7 Å². The fourth-order valence-electron chi connectivity index (χ4n) is 3.52. The average Bonchev–Trinajstić information content (AvgIpc) is 2.80. The van der Waals surface area contributed by atoms with Gasteiger partial charge in [-0.25, -0.2) is 4.79 Å². The van der Waals surface area contributed by atoms with E-state index in [-0.39, 0.29) is 18.1 Å². The first kappa shape index (κ1) is 30.0. The van der Waals surface area contributed by atoms with Crippen LogP contribution in [0.5, 0.6) is 5.75 Å². The average molecular weight is 572 g/mol. The highest BCUT2D eigenvalue weighted by Crippen LogP contribution is 2.27. The number of hydrogen-bond acceptors (Lipinski definition) is 5. The van der Waals surface area contributed by atoms with Gasteiger partial charge in [-0.2, -0.15) is 13.2 Å². The fraction of sp³-hybridized carbons (Fsp3) is 0.391. The van der Waals surface area contributed by atoms with E-state index in [0.717, 1.165) is 38.0 Å². The lowest BCUT2D eigenvalue weighted by Gasteiger charge is -2.34. The lowest BCUT2D eigenvalue weighted by atomic mass is 9.91. The van der Waals surface area contributed by atoms with Crippen molar-refractivity contribution in [3.63, 3.8) is 0 Å². The van der Waals surface area contributed by atoms with Crippen molar-refractivity contribution in [2.24, 2.45) is 11.7 Å². The van der Waals surface area contributed by atoms with Crippen LogP contribution >= 0.6 is 34.8 Å². The number of aliphatic hydroxyl groups excluding tert-OH is 1. The Hall–Kier alpha value is -2.24. The molecule has 0 aromatic heterocycles. The Labute approximate surface area is 220 Å². The molecule has 2 aromatic rings. The minimum absolute atomic E-state index is 0.0966. The number of carboxylic acids is 1. The molecule has 0 radical (unpaired) electrons. The van der Waals surface area contributed by atoms with E-state index in [4.69, 9.17) is 55.2 Å². The summed E-state index contributed by atoms with van der Waals surface area (Å²) < 4.78 is 37.4. The van der Waals surface area contributed by atoms with Gasteiger partial charge in [0.1, 0.15) is 12.4 Å². The Bertz CT molecular complexity index is 1060. The predicted molar refractivity (Wildman–Crippen MR) is 130 cm³/mol. The quantitative estimate of drug-likeness (QED) is 0.430. The molecule has 198 valence electrons. The lowest BCUT2D eigenvalue weighted by Crippen LogP contribution is -2.39. The van der Waals surface area contributed by atoms with Crippen LogP contribution in [0, 0.1) is 5.92 Å². The largest absolute Gasteiger partial charge is 0.490 e. The van der Waals surface area contributed by atoms with Gasteiger partial charge in [0.05, 0.1) is 21.7 Å². The van der Waals surface area contributed by atoms with E-state index < -0.39 is 24.2 Å². The first-order valence-corrected chi connectivity index (χ1v) is 11.8. The highest BCUT2D eigenvalue weighted by atomic mass is 35.5. The van der Waals surface area contributed by atoms with Crippen LogP contribution in [0.3, 0.4) is 0 Å². The number of nitrogens with two attached hydrogens (primary N) is 1. The highest BCUT2D eigenvalue weighted by Gasteiger charge is 2.38. The van der Waals surface area contributed by atoms with E-state index in [1.165, 1.54) is 6.07 Å². The summed E-state index contributed by atoms with van der Waals surface area (Å²) in [5.41, 5.74) is 6.69. The van der Waals surface area contributed by atoms with Gasteiger partial charge in [-0.05, 0) is 67.7 Å². The van der Waals surface area contributed by atoms with E-state index in [9.17, 15) is 23.1 Å². The van der Waals surface area contributed by atoms with Crippen molar-refractivity contribution < 1.29 is 37.7 Å². The molecule has 1 aliphatic rings. The number of aliphatic carboxylic acids is 1. The predicted octanol–water partition coefficient (Wildman–Crippen LogP) is 5.03. The Balaban J connectivity index is 0.000000572. The summed E-state index contributed by atoms with van der Waals surface area (Å²) >= 11 is 18.0. The van der Waals surface area contributed by atoms with E-state index in [1.54, 1.807) is 12.1 Å². The van der Waals surface area contributed by atoms with Crippen LogP contribution in [-0.4, -0.2) is 59.0 Å². The summed E-state index contributed by atoms with van der Waals surface area (Å²) in [4.78, 5) is 22.8. The fourth-order valence-corrected chi connectivity index (χ4v) is 4.02. The number of benzene rings is 2. The molecule has 0 aliphatic carbocycles. The summed E-state index contributed by atoms with van der Waals surface area (Å²) in [5, 5.41) is 19.2. The first-order valence-electron chi connectivity index (χ1n) is 10.6. The molecule has 1 aliphatic heterocycles. The number of nitrogens with zero attached hydrogens (tertiary/aromatic N) is 1. The van der Waals surface area contributed by atoms with Gasteiger partial charge in [0.25, 0.3) is 5.91 Å². The smallest absolute Gasteiger partial charge is 0.490 e. The number of carbonyl (C=O) groups excluding carboxylic acids is 1. The van der Waals surface area contributed by atoms with Crippen LogP contribution in [0.1, 0.15) is 28.8 Å². The zero-order chi connectivity index (χ0) is 27.0. The third-order valence-electron chi connectivity index (χ3n) is 5.43. The van der Waals surface area contributed by atoms with Crippen molar-refractivity contribution in [3.8, 4) is 5.75 Å². The highest BCUT2D eigenvalue weighted by molar-refractivity contribution is 6.42. The molecule has 7 nitrogen and oxygen atoms in total. The molecule has 1 atom stereocenters. The van der Waals surface area contributed by atoms with E-state index in [0.29, 0.717) is 20.8 Å². The van der Waals surface area contributed by atoms with Crippen molar-refractivity contribution in [1.29, 1.82) is 0 Å². The van der Waals surface area contributed by atoms with Gasteiger partial charge in [0, 0.05) is 11.6 Å². The summed E-state index contributed by atoms with van der Waals surface area (Å²) in [6.45, 7) is 2.63. The number of carboxylic acid groups (broad SMARTS) is 1. The van der Waals surface area contributed by atoms with Crippen LogP contribution in [0.4, 0.5) is 13.2 Å². The maximum Gasteiger partial charge on any atom is 0.490 e. The number of piperidine rings is 1. The standard InChI is InChI=1S/C21H23Cl3N2O3.C2HF3O2/c22-15-2-4-20(16(10-15)21(25)28)29-12-19(27)14-5-7-26(8-6-14)11-13-1-3-17(23)18(24)9-13;3-2(4,5)1(6)7/h1-4,9-10,14,19,27H,5-8,11-12H2,(H2,25,28);(H,6,7). The number of alkyl halides is 3. The van der Waals surface area contributed by atoms with Gasteiger partial charge in [-0.1, -0.05) is 40.9 Å². The summed E-state index contributed by atoms with van der Waals surface area (Å²) in [6, 6.07) is 10.4. The van der Waals surface area contributed by atoms with Crippen LogP contribution in [0.15, 0.2) is 36.4 Å². The first-order chi connectivity index (χ1) is 16.8. The molecule has 4 N–H and O–H groups in total. The SMILES string of the molecule is NC(=O)c1cc(Cl)ccc1OCC(O)C1CCN(Cc2ccc(Cl)c(Cl)c2)CC1.O=C(O)C(F)(F)F. The zero-order valence-corrected chi connectivity index (χ0v) is 21.0. The third kappa shape index (κ3) is 9.33. The van der Waals surface area contributed by atoms with Crippen LogP contribution in [0.25, 0.3) is 0 Å². The number of ether oxygens (including phenoxy) is 1. The Morgan fingerprint density at radius 3 is 2.22 bits per heavy atom. The van der Waals surface area contributed by atoms with Crippen molar-refractivity contribution in [3.05, 3.63) is 62.6 Å².